The Morgan fingerprint density at radius 3 is 2.42 bits per heavy atom. The van der Waals surface area contributed by atoms with Crippen LogP contribution in [-0.2, 0) is 4.79 Å². The van der Waals surface area contributed by atoms with Gasteiger partial charge in [0, 0.05) is 40.5 Å². The number of carbonyl (C=O) groups is 2. The number of Topliss-reactive ketones (excluding diaryl/α,β-unsaturated/α-hetero) is 1. The van der Waals surface area contributed by atoms with Crippen molar-refractivity contribution in [1.29, 1.82) is 0 Å². The molecule has 2 N–H and O–H groups in total. The molecule has 8 nitrogen and oxygen atoms in total. The van der Waals surface area contributed by atoms with Crippen molar-refractivity contribution in [3.05, 3.63) is 66.7 Å². The maximum absolute atomic E-state index is 12.8. The van der Waals surface area contributed by atoms with Gasteiger partial charge >= 0.3 is 6.36 Å². The number of aliphatic hydroxyl groups excluding tert-OH is 1. The van der Waals surface area contributed by atoms with Crippen molar-refractivity contribution < 1.29 is 32.6 Å². The van der Waals surface area contributed by atoms with Crippen LogP contribution in [0.5, 0.6) is 5.75 Å². The second-order valence-electron chi connectivity index (χ2n) is 7.25. The average Bonchev–Trinajstić information content (AvgIpc) is 3.12. The Kier molecular flexibility index (Phi) is 5.97. The van der Waals surface area contributed by atoms with Crippen LogP contribution in [0.1, 0.15) is 10.4 Å². The fourth-order valence-electron chi connectivity index (χ4n) is 3.42. The molecule has 1 amide bonds. The van der Waals surface area contributed by atoms with E-state index in [-0.39, 0.29) is 30.1 Å². The molecule has 170 valence electrons. The van der Waals surface area contributed by atoms with Crippen LogP contribution in [0.4, 0.5) is 24.5 Å². The van der Waals surface area contributed by atoms with Crippen molar-refractivity contribution in [3.8, 4) is 16.9 Å². The number of aromatic nitrogens is 2. The molecule has 2 aromatic carbocycles. The third-order valence-corrected chi connectivity index (χ3v) is 4.93. The summed E-state index contributed by atoms with van der Waals surface area (Å²) in [6.07, 6.45) is -1.42. The molecule has 0 unspecified atom stereocenters. The highest BCUT2D eigenvalue weighted by Crippen LogP contribution is 2.33. The van der Waals surface area contributed by atoms with Gasteiger partial charge in [-0.15, -0.1) is 13.2 Å². The summed E-state index contributed by atoms with van der Waals surface area (Å²) in [6.45, 7) is 0.150. The molecule has 1 fully saturated rings. The first kappa shape index (κ1) is 22.2. The molecule has 0 bridgehead atoms. The fraction of sp³-hybridized carbons (Fsp3) is 0.182. The van der Waals surface area contributed by atoms with Crippen molar-refractivity contribution in [2.24, 2.45) is 0 Å². The second kappa shape index (κ2) is 8.87. The molecule has 0 radical (unpaired) electrons. The second-order valence-corrected chi connectivity index (χ2v) is 7.25. The zero-order valence-electron chi connectivity index (χ0n) is 16.9. The van der Waals surface area contributed by atoms with Gasteiger partial charge in [0.2, 0.25) is 0 Å². The van der Waals surface area contributed by atoms with E-state index in [4.69, 9.17) is 0 Å². The number of alkyl halides is 3. The number of nitrogens with zero attached hydrogens (tertiary/aromatic N) is 3. The average molecular weight is 458 g/mol. The largest absolute Gasteiger partial charge is 0.573 e. The Labute approximate surface area is 185 Å². The molecule has 1 atom stereocenters. The molecule has 3 aromatic rings. The van der Waals surface area contributed by atoms with Crippen LogP contribution in [0.25, 0.3) is 11.1 Å². The highest BCUT2D eigenvalue weighted by atomic mass is 19.4. The highest BCUT2D eigenvalue weighted by molar-refractivity contribution is 6.06. The summed E-state index contributed by atoms with van der Waals surface area (Å²) in [5, 5.41) is 12.4. The molecule has 11 heteroatoms. The zero-order valence-corrected chi connectivity index (χ0v) is 16.9. The number of ether oxygens (including phenoxy) is 1. The minimum Gasteiger partial charge on any atom is -0.406 e. The number of hydrogen-bond acceptors (Lipinski definition) is 7. The van der Waals surface area contributed by atoms with Crippen molar-refractivity contribution in [2.75, 3.05) is 23.3 Å². The number of anilines is 2. The van der Waals surface area contributed by atoms with Crippen LogP contribution in [0.15, 0.2) is 61.2 Å². The van der Waals surface area contributed by atoms with Gasteiger partial charge in [0.15, 0.2) is 5.78 Å². The predicted molar refractivity (Wildman–Crippen MR) is 112 cm³/mol. The monoisotopic (exact) mass is 458 g/mol. The number of amides is 1. The van der Waals surface area contributed by atoms with Crippen molar-refractivity contribution in [1.82, 2.24) is 9.97 Å². The van der Waals surface area contributed by atoms with E-state index in [0.29, 0.717) is 16.8 Å². The van der Waals surface area contributed by atoms with E-state index in [0.717, 1.165) is 12.1 Å². The molecular weight excluding hydrogens is 441 g/mol. The molecule has 0 spiro atoms. The van der Waals surface area contributed by atoms with E-state index in [2.05, 4.69) is 20.0 Å². The normalized spacial score (nSPS) is 16.1. The van der Waals surface area contributed by atoms with Gasteiger partial charge < -0.3 is 20.1 Å². The Bertz CT molecular complexity index is 1170. The van der Waals surface area contributed by atoms with Gasteiger partial charge in [-0.25, -0.2) is 9.97 Å². The molecule has 0 aliphatic carbocycles. The number of aliphatic hydroxyl groups is 1. The molecule has 1 aliphatic heterocycles. The van der Waals surface area contributed by atoms with E-state index >= 15 is 0 Å². The highest BCUT2D eigenvalue weighted by Gasteiger charge is 2.31. The van der Waals surface area contributed by atoms with Crippen LogP contribution in [0.3, 0.4) is 0 Å². The molecule has 1 aliphatic rings. The maximum atomic E-state index is 12.8. The number of halogens is 3. The lowest BCUT2D eigenvalue weighted by atomic mass is 10.0. The Morgan fingerprint density at radius 1 is 1.12 bits per heavy atom. The first-order valence-electron chi connectivity index (χ1n) is 9.72. The maximum Gasteiger partial charge on any atom is 0.573 e. The summed E-state index contributed by atoms with van der Waals surface area (Å²) in [6, 6.07) is 9.56. The third-order valence-electron chi connectivity index (χ3n) is 4.93. The van der Waals surface area contributed by atoms with E-state index in [1.807, 2.05) is 0 Å². The standard InChI is InChI=1S/C22H17F3N4O4/c23-22(24,25)33-16-4-2-15(3-5-16)28-21(32)13-1-6-18(29-10-19(30)20(31)11-29)17(7-13)14-8-26-12-27-9-14/h1-9,12,19,30H,10-11H2,(H,28,32)/t19-/m0/s1. The van der Waals surface area contributed by atoms with Crippen molar-refractivity contribution in [3.63, 3.8) is 0 Å². The third kappa shape index (κ3) is 5.26. The van der Waals surface area contributed by atoms with Crippen LogP contribution in [-0.4, -0.2) is 52.3 Å². The number of β-amino-alcohol motifs (C(OH)–C–C–N with tert-alkyl or cyclic N) is 1. The Hall–Kier alpha value is -3.99. The smallest absolute Gasteiger partial charge is 0.406 e. The van der Waals surface area contributed by atoms with Gasteiger partial charge in [0.05, 0.1) is 13.1 Å². The summed E-state index contributed by atoms with van der Waals surface area (Å²) in [5.41, 5.74) is 2.35. The lowest BCUT2D eigenvalue weighted by molar-refractivity contribution is -0.274. The first-order chi connectivity index (χ1) is 15.7. The van der Waals surface area contributed by atoms with Crippen LogP contribution < -0.4 is 15.0 Å². The minimum atomic E-state index is -4.81. The Balaban J connectivity index is 1.59. The van der Waals surface area contributed by atoms with Gasteiger partial charge in [0.1, 0.15) is 18.2 Å². The predicted octanol–water partition coefficient (Wildman–Crippen LogP) is 3.04. The van der Waals surface area contributed by atoms with Crippen LogP contribution >= 0.6 is 0 Å². The van der Waals surface area contributed by atoms with E-state index in [1.165, 1.54) is 18.5 Å². The van der Waals surface area contributed by atoms with Gasteiger partial charge in [-0.05, 0) is 42.5 Å². The van der Waals surface area contributed by atoms with Crippen molar-refractivity contribution >= 4 is 23.1 Å². The summed E-state index contributed by atoms with van der Waals surface area (Å²) in [5.74, 6) is -1.20. The van der Waals surface area contributed by atoms with E-state index in [1.54, 1.807) is 35.5 Å². The van der Waals surface area contributed by atoms with Crippen LogP contribution in [0.2, 0.25) is 0 Å². The molecular formula is C22H17F3N4O4. The number of rotatable bonds is 5. The quantitative estimate of drug-likeness (QED) is 0.606. The minimum absolute atomic E-state index is 0.0275. The number of carbonyl (C=O) groups excluding carboxylic acids is 2. The van der Waals surface area contributed by atoms with Gasteiger partial charge in [-0.2, -0.15) is 0 Å². The molecule has 2 heterocycles. The fourth-order valence-corrected chi connectivity index (χ4v) is 3.42. The lowest BCUT2D eigenvalue weighted by Gasteiger charge is -2.21. The molecule has 0 saturated carbocycles. The van der Waals surface area contributed by atoms with Crippen molar-refractivity contribution in [2.45, 2.75) is 12.5 Å². The summed E-state index contributed by atoms with van der Waals surface area (Å²) >= 11 is 0. The molecule has 1 aromatic heterocycles. The summed E-state index contributed by atoms with van der Waals surface area (Å²) < 4.78 is 40.7. The molecule has 4 rings (SSSR count). The first-order valence-corrected chi connectivity index (χ1v) is 9.72. The number of hydrogen-bond donors (Lipinski definition) is 2. The van der Waals surface area contributed by atoms with E-state index < -0.39 is 24.1 Å². The zero-order chi connectivity index (χ0) is 23.6. The number of benzene rings is 2. The molecule has 33 heavy (non-hydrogen) atoms. The number of ketones is 1. The van der Waals surface area contributed by atoms with Gasteiger partial charge in [0.25, 0.3) is 5.91 Å². The van der Waals surface area contributed by atoms with E-state index in [9.17, 15) is 27.9 Å². The topological polar surface area (TPSA) is 105 Å². The SMILES string of the molecule is O=C(Nc1ccc(OC(F)(F)F)cc1)c1ccc(N2CC(=O)[C@@H](O)C2)c(-c2cncnc2)c1. The summed E-state index contributed by atoms with van der Waals surface area (Å²) in [4.78, 5) is 34.3. The lowest BCUT2D eigenvalue weighted by Crippen LogP contribution is -2.22. The van der Waals surface area contributed by atoms with Gasteiger partial charge in [-0.3, -0.25) is 9.59 Å². The Morgan fingerprint density at radius 2 is 1.82 bits per heavy atom. The number of nitrogens with one attached hydrogen (secondary N) is 1. The van der Waals surface area contributed by atoms with Crippen LogP contribution in [0, 0.1) is 0 Å². The van der Waals surface area contributed by atoms with Gasteiger partial charge in [-0.1, -0.05) is 0 Å². The summed E-state index contributed by atoms with van der Waals surface area (Å²) in [7, 11) is 0. The molecule has 1 saturated heterocycles.